The monoisotopic (exact) mass is 176 g/mol. The normalized spacial score (nSPS) is 10.5. The van der Waals surface area contributed by atoms with Crippen molar-refractivity contribution in [3.63, 3.8) is 0 Å². The van der Waals surface area contributed by atoms with E-state index < -0.39 is 0 Å². The lowest BCUT2D eigenvalue weighted by Crippen LogP contribution is -1.91. The molecule has 0 aromatic carbocycles. The van der Waals surface area contributed by atoms with Gasteiger partial charge >= 0.3 is 0 Å². The third-order valence-corrected chi connectivity index (χ3v) is 1.45. The van der Waals surface area contributed by atoms with Crippen LogP contribution in [-0.2, 0) is 4.79 Å². The maximum absolute atomic E-state index is 11.2. The second-order valence-corrected chi connectivity index (χ2v) is 2.95. The van der Waals surface area contributed by atoms with E-state index >= 15 is 0 Å². The zero-order valence-electron chi connectivity index (χ0n) is 7.62. The summed E-state index contributed by atoms with van der Waals surface area (Å²) in [6.45, 7) is 5.49. The molecule has 0 atom stereocenters. The summed E-state index contributed by atoms with van der Waals surface area (Å²) in [5, 5.41) is 0. The third kappa shape index (κ3) is 3.56. The maximum atomic E-state index is 11.2. The van der Waals surface area contributed by atoms with Crippen molar-refractivity contribution < 1.29 is 9.21 Å². The Morgan fingerprint density at radius 3 is 3.00 bits per heavy atom. The summed E-state index contributed by atoms with van der Waals surface area (Å²) >= 11 is 0. The highest BCUT2D eigenvalue weighted by Gasteiger charge is 1.96. The number of hydrogen-bond donors (Lipinski definition) is 0. The summed E-state index contributed by atoms with van der Waals surface area (Å²) in [5.41, 5.74) is 0.870. The van der Waals surface area contributed by atoms with Crippen LogP contribution in [0.15, 0.2) is 41.0 Å². The molecular formula is C11H12O2. The van der Waals surface area contributed by atoms with Gasteiger partial charge in [0.15, 0.2) is 5.78 Å². The number of carbonyl (C=O) groups is 1. The number of ketones is 1. The zero-order chi connectivity index (χ0) is 9.68. The fourth-order valence-electron chi connectivity index (χ4n) is 0.918. The van der Waals surface area contributed by atoms with Crippen molar-refractivity contribution in [1.82, 2.24) is 0 Å². The Hall–Kier alpha value is -1.57. The number of furan rings is 1. The lowest BCUT2D eigenvalue weighted by Gasteiger charge is -1.91. The molecule has 0 aliphatic carbocycles. The quantitative estimate of drug-likeness (QED) is 0.521. The molecule has 2 heteroatoms. The molecule has 1 aromatic heterocycles. The van der Waals surface area contributed by atoms with Gasteiger partial charge in [-0.2, -0.15) is 0 Å². The molecule has 0 saturated heterocycles. The van der Waals surface area contributed by atoms with Crippen molar-refractivity contribution >= 4 is 11.9 Å². The topological polar surface area (TPSA) is 30.2 Å². The van der Waals surface area contributed by atoms with Crippen molar-refractivity contribution in [2.75, 3.05) is 0 Å². The second-order valence-electron chi connectivity index (χ2n) is 2.95. The second kappa shape index (κ2) is 4.45. The van der Waals surface area contributed by atoms with Crippen LogP contribution in [0.5, 0.6) is 0 Å². The molecule has 2 nitrogen and oxygen atoms in total. The molecule has 0 amide bonds. The van der Waals surface area contributed by atoms with Gasteiger partial charge in [0.05, 0.1) is 6.26 Å². The van der Waals surface area contributed by atoms with Gasteiger partial charge < -0.3 is 4.42 Å². The molecule has 0 aliphatic heterocycles. The lowest BCUT2D eigenvalue weighted by molar-refractivity contribution is -0.113. The van der Waals surface area contributed by atoms with Crippen LogP contribution in [-0.4, -0.2) is 5.78 Å². The SMILES string of the molecule is C=C(C)CC(=O)C=Cc1ccco1. The summed E-state index contributed by atoms with van der Waals surface area (Å²) in [6, 6.07) is 3.58. The summed E-state index contributed by atoms with van der Waals surface area (Å²) < 4.78 is 5.03. The van der Waals surface area contributed by atoms with Gasteiger partial charge in [0.1, 0.15) is 5.76 Å². The molecule has 1 aromatic rings. The Balaban J connectivity index is 2.49. The zero-order valence-corrected chi connectivity index (χ0v) is 7.62. The minimum atomic E-state index is 0.0453. The highest BCUT2D eigenvalue weighted by molar-refractivity contribution is 5.94. The van der Waals surface area contributed by atoms with Crippen molar-refractivity contribution in [2.45, 2.75) is 13.3 Å². The van der Waals surface area contributed by atoms with E-state index in [0.717, 1.165) is 5.57 Å². The van der Waals surface area contributed by atoms with E-state index in [-0.39, 0.29) is 5.78 Å². The average molecular weight is 176 g/mol. The van der Waals surface area contributed by atoms with Gasteiger partial charge in [-0.15, -0.1) is 0 Å². The van der Waals surface area contributed by atoms with Gasteiger partial charge in [-0.25, -0.2) is 0 Å². The summed E-state index contributed by atoms with van der Waals surface area (Å²) in [4.78, 5) is 11.2. The summed E-state index contributed by atoms with van der Waals surface area (Å²) in [6.07, 6.45) is 5.14. The molecule has 0 bridgehead atoms. The van der Waals surface area contributed by atoms with E-state index in [1.54, 1.807) is 24.5 Å². The highest BCUT2D eigenvalue weighted by atomic mass is 16.3. The fourth-order valence-corrected chi connectivity index (χ4v) is 0.918. The molecule has 0 N–H and O–H groups in total. The first-order valence-corrected chi connectivity index (χ1v) is 4.07. The highest BCUT2D eigenvalue weighted by Crippen LogP contribution is 2.04. The van der Waals surface area contributed by atoms with Crippen LogP contribution in [0.3, 0.4) is 0 Å². The predicted molar refractivity (Wildman–Crippen MR) is 52.2 cm³/mol. The Morgan fingerprint density at radius 2 is 2.46 bits per heavy atom. The van der Waals surface area contributed by atoms with Gasteiger partial charge in [0, 0.05) is 6.42 Å². The van der Waals surface area contributed by atoms with Crippen molar-refractivity contribution in [3.05, 3.63) is 42.4 Å². The fraction of sp³-hybridized carbons (Fsp3) is 0.182. The van der Waals surface area contributed by atoms with Gasteiger partial charge in [0.2, 0.25) is 0 Å². The summed E-state index contributed by atoms with van der Waals surface area (Å²) in [5.74, 6) is 0.735. The number of allylic oxidation sites excluding steroid dienone is 2. The third-order valence-electron chi connectivity index (χ3n) is 1.45. The molecule has 0 unspecified atom stereocenters. The van der Waals surface area contributed by atoms with Crippen LogP contribution in [0, 0.1) is 0 Å². The molecule has 0 radical (unpaired) electrons. The van der Waals surface area contributed by atoms with E-state index in [4.69, 9.17) is 4.42 Å². The molecule has 1 rings (SSSR count). The van der Waals surface area contributed by atoms with Crippen LogP contribution < -0.4 is 0 Å². The first-order valence-electron chi connectivity index (χ1n) is 4.07. The lowest BCUT2D eigenvalue weighted by atomic mass is 10.1. The van der Waals surface area contributed by atoms with Crippen LogP contribution in [0.1, 0.15) is 19.1 Å². The van der Waals surface area contributed by atoms with E-state index in [9.17, 15) is 4.79 Å². The first-order chi connectivity index (χ1) is 6.18. The standard InChI is InChI=1S/C11H12O2/c1-9(2)8-10(12)5-6-11-4-3-7-13-11/h3-7H,1,8H2,2H3. The van der Waals surface area contributed by atoms with Gasteiger partial charge in [0.25, 0.3) is 0 Å². The number of rotatable bonds is 4. The molecule has 0 saturated carbocycles. The van der Waals surface area contributed by atoms with Gasteiger partial charge in [-0.3, -0.25) is 4.79 Å². The molecule has 0 aliphatic rings. The number of hydrogen-bond acceptors (Lipinski definition) is 2. The molecule has 1 heterocycles. The first kappa shape index (κ1) is 9.52. The van der Waals surface area contributed by atoms with E-state index in [2.05, 4.69) is 6.58 Å². The van der Waals surface area contributed by atoms with Crippen molar-refractivity contribution in [1.29, 1.82) is 0 Å². The largest absolute Gasteiger partial charge is 0.465 e. The van der Waals surface area contributed by atoms with Crippen LogP contribution in [0.25, 0.3) is 6.08 Å². The van der Waals surface area contributed by atoms with Crippen molar-refractivity contribution in [2.24, 2.45) is 0 Å². The van der Waals surface area contributed by atoms with E-state index in [1.165, 1.54) is 6.08 Å². The van der Waals surface area contributed by atoms with Crippen LogP contribution >= 0.6 is 0 Å². The van der Waals surface area contributed by atoms with Gasteiger partial charge in [-0.1, -0.05) is 12.2 Å². The van der Waals surface area contributed by atoms with Gasteiger partial charge in [-0.05, 0) is 31.2 Å². The molecule has 68 valence electrons. The minimum Gasteiger partial charge on any atom is -0.465 e. The molecule has 0 spiro atoms. The average Bonchev–Trinajstić information content (AvgIpc) is 2.51. The van der Waals surface area contributed by atoms with Crippen LogP contribution in [0.2, 0.25) is 0 Å². The van der Waals surface area contributed by atoms with Crippen LogP contribution in [0.4, 0.5) is 0 Å². The smallest absolute Gasteiger partial charge is 0.159 e. The molecule has 0 fully saturated rings. The maximum Gasteiger partial charge on any atom is 0.159 e. The Morgan fingerprint density at radius 1 is 1.69 bits per heavy atom. The number of carbonyl (C=O) groups excluding carboxylic acids is 1. The van der Waals surface area contributed by atoms with Crippen molar-refractivity contribution in [3.8, 4) is 0 Å². The van der Waals surface area contributed by atoms with E-state index in [0.29, 0.717) is 12.2 Å². The van der Waals surface area contributed by atoms with E-state index in [1.807, 2.05) is 6.92 Å². The Kier molecular flexibility index (Phi) is 3.26. The Bertz CT molecular complexity index is 318. The Labute approximate surface area is 77.6 Å². The minimum absolute atomic E-state index is 0.0453. The molecular weight excluding hydrogens is 164 g/mol. The molecule has 13 heavy (non-hydrogen) atoms. The predicted octanol–water partition coefficient (Wildman–Crippen LogP) is 2.83. The summed E-state index contributed by atoms with van der Waals surface area (Å²) in [7, 11) is 0.